The van der Waals surface area contributed by atoms with Gasteiger partial charge in [-0.2, -0.15) is 0 Å². The zero-order valence-corrected chi connectivity index (χ0v) is 10.2. The maximum atomic E-state index is 12.1. The van der Waals surface area contributed by atoms with E-state index in [1.54, 1.807) is 7.11 Å². The molecule has 1 N–H and O–H groups in total. The second-order valence-corrected chi connectivity index (χ2v) is 4.89. The van der Waals surface area contributed by atoms with Crippen molar-refractivity contribution in [2.24, 2.45) is 0 Å². The van der Waals surface area contributed by atoms with Gasteiger partial charge in [-0.1, -0.05) is 0 Å². The molecule has 1 aliphatic carbocycles. The molecular weight excluding hydrogens is 204 g/mol. The van der Waals surface area contributed by atoms with Crippen molar-refractivity contribution in [1.82, 2.24) is 10.2 Å². The number of carbonyl (C=O) groups excluding carboxylic acids is 1. The van der Waals surface area contributed by atoms with Crippen LogP contribution in [0, 0.1) is 0 Å². The van der Waals surface area contributed by atoms with Crippen LogP contribution < -0.4 is 5.32 Å². The van der Waals surface area contributed by atoms with E-state index in [9.17, 15) is 4.79 Å². The van der Waals surface area contributed by atoms with Crippen LogP contribution in [-0.2, 0) is 9.53 Å². The third kappa shape index (κ3) is 2.74. The molecule has 16 heavy (non-hydrogen) atoms. The van der Waals surface area contributed by atoms with Crippen molar-refractivity contribution < 1.29 is 9.53 Å². The quantitative estimate of drug-likeness (QED) is 0.752. The first-order valence-electron chi connectivity index (χ1n) is 6.29. The van der Waals surface area contributed by atoms with Crippen LogP contribution in [0.25, 0.3) is 0 Å². The van der Waals surface area contributed by atoms with Gasteiger partial charge in [-0.25, -0.2) is 0 Å². The average molecular weight is 226 g/mol. The molecule has 0 spiro atoms. The molecule has 4 heteroatoms. The van der Waals surface area contributed by atoms with Crippen molar-refractivity contribution in [1.29, 1.82) is 0 Å². The summed E-state index contributed by atoms with van der Waals surface area (Å²) in [5, 5.41) is 3.45. The van der Waals surface area contributed by atoms with E-state index in [4.69, 9.17) is 4.74 Å². The van der Waals surface area contributed by atoms with Gasteiger partial charge in [-0.15, -0.1) is 0 Å². The minimum Gasteiger partial charge on any atom is -0.372 e. The van der Waals surface area contributed by atoms with E-state index < -0.39 is 0 Å². The molecule has 0 aromatic heterocycles. The van der Waals surface area contributed by atoms with Gasteiger partial charge in [0.2, 0.25) is 0 Å². The minimum absolute atomic E-state index is 0.152. The molecular formula is C12H22N2O2. The highest BCUT2D eigenvalue weighted by molar-refractivity contribution is 5.81. The van der Waals surface area contributed by atoms with Crippen LogP contribution in [0.5, 0.6) is 0 Å². The van der Waals surface area contributed by atoms with Gasteiger partial charge in [0.15, 0.2) is 0 Å². The highest BCUT2D eigenvalue weighted by Gasteiger charge is 2.36. The lowest BCUT2D eigenvalue weighted by Crippen LogP contribution is -2.46. The second-order valence-electron chi connectivity index (χ2n) is 4.89. The Labute approximate surface area is 97.3 Å². The average Bonchev–Trinajstić information content (AvgIpc) is 3.01. The molecule has 0 unspecified atom stereocenters. The van der Waals surface area contributed by atoms with Crippen LogP contribution in [0.1, 0.15) is 32.6 Å². The number of nitrogens with zero attached hydrogens (tertiary/aromatic N) is 1. The number of ether oxygens (including phenoxy) is 1. The van der Waals surface area contributed by atoms with Crippen LogP contribution in [0.15, 0.2) is 0 Å². The Morgan fingerprint density at radius 2 is 2.25 bits per heavy atom. The molecule has 0 aromatic carbocycles. The van der Waals surface area contributed by atoms with Crippen molar-refractivity contribution in [2.75, 3.05) is 20.2 Å². The largest absolute Gasteiger partial charge is 0.372 e. The van der Waals surface area contributed by atoms with Crippen LogP contribution in [0.4, 0.5) is 0 Å². The summed E-state index contributed by atoms with van der Waals surface area (Å²) >= 11 is 0. The van der Waals surface area contributed by atoms with Crippen LogP contribution in [0.2, 0.25) is 0 Å². The SMILES string of the molecule is CO[C@H](C)C(=O)N(C[C@@H]1CCCN1)C1CC1. The van der Waals surface area contributed by atoms with E-state index in [0.717, 1.165) is 25.9 Å². The minimum atomic E-state index is -0.304. The van der Waals surface area contributed by atoms with Crippen molar-refractivity contribution >= 4 is 5.91 Å². The zero-order valence-electron chi connectivity index (χ0n) is 10.2. The molecule has 2 atom stereocenters. The number of methoxy groups -OCH3 is 1. The number of amides is 1. The lowest BCUT2D eigenvalue weighted by atomic mass is 10.2. The predicted molar refractivity (Wildman–Crippen MR) is 62.2 cm³/mol. The first-order chi connectivity index (χ1) is 7.72. The van der Waals surface area contributed by atoms with Crippen LogP contribution in [-0.4, -0.2) is 49.2 Å². The number of carbonyl (C=O) groups is 1. The maximum Gasteiger partial charge on any atom is 0.251 e. The van der Waals surface area contributed by atoms with Gasteiger partial charge >= 0.3 is 0 Å². The Hall–Kier alpha value is -0.610. The zero-order chi connectivity index (χ0) is 11.5. The first-order valence-corrected chi connectivity index (χ1v) is 6.29. The standard InChI is InChI=1S/C12H22N2O2/c1-9(16-2)12(15)14(11-5-6-11)8-10-4-3-7-13-10/h9-11,13H,3-8H2,1-2H3/t9-,10+/m1/s1. The molecule has 2 rings (SSSR count). The summed E-state index contributed by atoms with van der Waals surface area (Å²) in [6.45, 7) is 3.79. The monoisotopic (exact) mass is 226 g/mol. The first kappa shape index (κ1) is 11.9. The lowest BCUT2D eigenvalue weighted by molar-refractivity contribution is -0.141. The number of nitrogens with one attached hydrogen (secondary N) is 1. The Morgan fingerprint density at radius 3 is 2.75 bits per heavy atom. The van der Waals surface area contributed by atoms with E-state index >= 15 is 0 Å². The third-order valence-electron chi connectivity index (χ3n) is 3.55. The molecule has 1 saturated heterocycles. The van der Waals surface area contributed by atoms with Crippen LogP contribution >= 0.6 is 0 Å². The number of hydrogen-bond donors (Lipinski definition) is 1. The summed E-state index contributed by atoms with van der Waals surface area (Å²) < 4.78 is 5.12. The Morgan fingerprint density at radius 1 is 1.50 bits per heavy atom. The topological polar surface area (TPSA) is 41.6 Å². The summed E-state index contributed by atoms with van der Waals surface area (Å²) in [6, 6.07) is 0.973. The van der Waals surface area contributed by atoms with Gasteiger partial charge in [0.25, 0.3) is 5.91 Å². The molecule has 1 heterocycles. The smallest absolute Gasteiger partial charge is 0.251 e. The summed E-state index contributed by atoms with van der Waals surface area (Å²) in [4.78, 5) is 14.1. The Bertz CT molecular complexity index is 247. The predicted octanol–water partition coefficient (Wildman–Crippen LogP) is 0.764. The molecule has 0 radical (unpaired) electrons. The van der Waals surface area contributed by atoms with Gasteiger partial charge in [0.1, 0.15) is 6.10 Å². The molecule has 2 aliphatic rings. The molecule has 1 saturated carbocycles. The Balaban J connectivity index is 1.91. The fraction of sp³-hybridized carbons (Fsp3) is 0.917. The summed E-state index contributed by atoms with van der Waals surface area (Å²) in [7, 11) is 1.60. The van der Waals surface area contributed by atoms with Gasteiger partial charge in [-0.05, 0) is 39.2 Å². The van der Waals surface area contributed by atoms with Crippen molar-refractivity contribution in [2.45, 2.75) is 50.8 Å². The number of hydrogen-bond acceptors (Lipinski definition) is 3. The highest BCUT2D eigenvalue weighted by atomic mass is 16.5. The number of rotatable bonds is 5. The summed E-state index contributed by atoms with van der Waals surface area (Å²) in [5.74, 6) is 0.152. The molecule has 0 aromatic rings. The second kappa shape index (κ2) is 5.15. The van der Waals surface area contributed by atoms with E-state index in [0.29, 0.717) is 12.1 Å². The van der Waals surface area contributed by atoms with Gasteiger partial charge < -0.3 is 15.0 Å². The van der Waals surface area contributed by atoms with Crippen molar-refractivity contribution in [3.05, 3.63) is 0 Å². The van der Waals surface area contributed by atoms with Crippen LogP contribution in [0.3, 0.4) is 0 Å². The maximum absolute atomic E-state index is 12.1. The van der Waals surface area contributed by atoms with E-state index in [2.05, 4.69) is 5.32 Å². The Kier molecular flexibility index (Phi) is 3.82. The normalized spacial score (nSPS) is 26.8. The van der Waals surface area contributed by atoms with E-state index in [-0.39, 0.29) is 12.0 Å². The molecule has 2 fully saturated rings. The highest BCUT2D eigenvalue weighted by Crippen LogP contribution is 2.28. The van der Waals surface area contributed by atoms with Crippen molar-refractivity contribution in [3.8, 4) is 0 Å². The molecule has 1 amide bonds. The fourth-order valence-corrected chi connectivity index (χ4v) is 2.29. The molecule has 0 bridgehead atoms. The van der Waals surface area contributed by atoms with E-state index in [1.807, 2.05) is 11.8 Å². The van der Waals surface area contributed by atoms with Crippen molar-refractivity contribution in [3.63, 3.8) is 0 Å². The van der Waals surface area contributed by atoms with Gasteiger partial charge in [-0.3, -0.25) is 4.79 Å². The lowest BCUT2D eigenvalue weighted by Gasteiger charge is -2.28. The molecule has 1 aliphatic heterocycles. The van der Waals surface area contributed by atoms with E-state index in [1.165, 1.54) is 12.8 Å². The van der Waals surface area contributed by atoms with Gasteiger partial charge in [0, 0.05) is 25.7 Å². The molecule has 92 valence electrons. The third-order valence-corrected chi connectivity index (χ3v) is 3.55. The fourth-order valence-electron chi connectivity index (χ4n) is 2.29. The summed E-state index contributed by atoms with van der Waals surface area (Å²) in [6.07, 6.45) is 4.45. The van der Waals surface area contributed by atoms with Gasteiger partial charge in [0.05, 0.1) is 0 Å². The summed E-state index contributed by atoms with van der Waals surface area (Å²) in [5.41, 5.74) is 0. The molecule has 4 nitrogen and oxygen atoms in total.